The predicted molar refractivity (Wildman–Crippen MR) is 81.3 cm³/mol. The van der Waals surface area contributed by atoms with E-state index in [4.69, 9.17) is 22.1 Å². The molecule has 5 nitrogen and oxygen atoms in total. The quantitative estimate of drug-likeness (QED) is 0.661. The Kier molecular flexibility index (Phi) is 4.73. The first-order valence-electron chi connectivity index (χ1n) is 6.63. The van der Waals surface area contributed by atoms with E-state index in [0.29, 0.717) is 28.0 Å². The summed E-state index contributed by atoms with van der Waals surface area (Å²) in [5.41, 5.74) is 7.19. The van der Waals surface area contributed by atoms with Crippen molar-refractivity contribution in [2.24, 2.45) is 0 Å². The molecule has 0 radical (unpaired) electrons. The zero-order chi connectivity index (χ0) is 14.7. The molecule has 0 saturated carbocycles. The van der Waals surface area contributed by atoms with Gasteiger partial charge in [0.05, 0.1) is 23.4 Å². The number of rotatable bonds is 3. The van der Waals surface area contributed by atoms with Crippen LogP contribution in [-0.2, 0) is 4.74 Å². The predicted octanol–water partition coefficient (Wildman–Crippen LogP) is 2.21. The van der Waals surface area contributed by atoms with Gasteiger partial charge in [-0.05, 0) is 45.1 Å². The Morgan fingerprint density at radius 1 is 1.45 bits per heavy atom. The standard InChI is InChI=1S/C14H20ClN3O2/c1-18-5-3-10(4-6-18)17-13-11(14(19)20-2)7-9(16)8-12(13)15/h7-8,10,17H,3-6,16H2,1-2H3. The third-order valence-electron chi connectivity index (χ3n) is 3.58. The lowest BCUT2D eigenvalue weighted by Gasteiger charge is -2.30. The van der Waals surface area contributed by atoms with Gasteiger partial charge in [0, 0.05) is 11.7 Å². The number of piperidine rings is 1. The van der Waals surface area contributed by atoms with E-state index >= 15 is 0 Å². The second kappa shape index (κ2) is 6.33. The van der Waals surface area contributed by atoms with E-state index in [1.54, 1.807) is 12.1 Å². The van der Waals surface area contributed by atoms with E-state index in [9.17, 15) is 4.79 Å². The highest BCUT2D eigenvalue weighted by Crippen LogP contribution is 2.31. The van der Waals surface area contributed by atoms with Gasteiger partial charge < -0.3 is 20.7 Å². The molecule has 1 saturated heterocycles. The number of nitrogens with one attached hydrogen (secondary N) is 1. The molecule has 1 aromatic rings. The largest absolute Gasteiger partial charge is 0.465 e. The molecular formula is C14H20ClN3O2. The van der Waals surface area contributed by atoms with Crippen LogP contribution in [-0.4, -0.2) is 44.2 Å². The maximum absolute atomic E-state index is 11.8. The number of hydrogen-bond acceptors (Lipinski definition) is 5. The van der Waals surface area contributed by atoms with Crippen molar-refractivity contribution in [1.82, 2.24) is 4.90 Å². The summed E-state index contributed by atoms with van der Waals surface area (Å²) in [4.78, 5) is 14.1. The highest BCUT2D eigenvalue weighted by atomic mass is 35.5. The lowest BCUT2D eigenvalue weighted by molar-refractivity contribution is 0.0602. The smallest absolute Gasteiger partial charge is 0.340 e. The van der Waals surface area contributed by atoms with Gasteiger partial charge >= 0.3 is 5.97 Å². The van der Waals surface area contributed by atoms with Crippen molar-refractivity contribution < 1.29 is 9.53 Å². The second-order valence-corrected chi connectivity index (χ2v) is 5.55. The summed E-state index contributed by atoms with van der Waals surface area (Å²) in [6, 6.07) is 3.54. The number of benzene rings is 1. The monoisotopic (exact) mass is 297 g/mol. The van der Waals surface area contributed by atoms with E-state index in [1.807, 2.05) is 0 Å². The van der Waals surface area contributed by atoms with Crippen molar-refractivity contribution in [2.75, 3.05) is 38.3 Å². The minimum absolute atomic E-state index is 0.302. The van der Waals surface area contributed by atoms with Crippen LogP contribution in [0.4, 0.5) is 11.4 Å². The number of esters is 1. The van der Waals surface area contributed by atoms with E-state index in [-0.39, 0.29) is 0 Å². The number of halogens is 1. The first-order chi connectivity index (χ1) is 9.51. The first-order valence-corrected chi connectivity index (χ1v) is 7.01. The van der Waals surface area contributed by atoms with Gasteiger partial charge in [0.1, 0.15) is 0 Å². The Labute approximate surface area is 124 Å². The number of nitrogen functional groups attached to an aromatic ring is 1. The van der Waals surface area contributed by atoms with Crippen LogP contribution in [0.2, 0.25) is 5.02 Å². The lowest BCUT2D eigenvalue weighted by Crippen LogP contribution is -2.37. The molecule has 0 spiro atoms. The second-order valence-electron chi connectivity index (χ2n) is 5.14. The van der Waals surface area contributed by atoms with Gasteiger partial charge in [-0.25, -0.2) is 4.79 Å². The molecule has 110 valence electrons. The fourth-order valence-corrected chi connectivity index (χ4v) is 2.68. The van der Waals surface area contributed by atoms with Crippen LogP contribution in [0.15, 0.2) is 12.1 Å². The molecular weight excluding hydrogens is 278 g/mol. The molecule has 0 atom stereocenters. The maximum atomic E-state index is 11.8. The number of carbonyl (C=O) groups excluding carboxylic acids is 1. The van der Waals surface area contributed by atoms with Crippen molar-refractivity contribution in [1.29, 1.82) is 0 Å². The normalized spacial score (nSPS) is 16.9. The summed E-state index contributed by atoms with van der Waals surface area (Å²) in [5.74, 6) is -0.436. The van der Waals surface area contributed by atoms with Crippen LogP contribution in [0, 0.1) is 0 Å². The summed E-state index contributed by atoms with van der Waals surface area (Å²) >= 11 is 6.22. The van der Waals surface area contributed by atoms with Crippen molar-refractivity contribution >= 4 is 28.9 Å². The Hall–Kier alpha value is -1.46. The molecule has 6 heteroatoms. The summed E-state index contributed by atoms with van der Waals surface area (Å²) in [5, 5.41) is 3.81. The number of ether oxygens (including phenoxy) is 1. The number of likely N-dealkylation sites (tertiary alicyclic amines) is 1. The van der Waals surface area contributed by atoms with Crippen LogP contribution >= 0.6 is 11.6 Å². The minimum atomic E-state index is -0.436. The third-order valence-corrected chi connectivity index (χ3v) is 3.88. The van der Waals surface area contributed by atoms with Gasteiger partial charge in [-0.1, -0.05) is 11.6 Å². The van der Waals surface area contributed by atoms with Crippen LogP contribution < -0.4 is 11.1 Å². The molecule has 0 unspecified atom stereocenters. The van der Waals surface area contributed by atoms with E-state index in [0.717, 1.165) is 25.9 Å². The van der Waals surface area contributed by atoms with Crippen LogP contribution in [0.1, 0.15) is 23.2 Å². The number of nitrogens with two attached hydrogens (primary N) is 1. The SMILES string of the molecule is COC(=O)c1cc(N)cc(Cl)c1NC1CCN(C)CC1. The minimum Gasteiger partial charge on any atom is -0.465 e. The molecule has 1 aliphatic rings. The average molecular weight is 298 g/mol. The Bertz CT molecular complexity index is 499. The van der Waals surface area contributed by atoms with Crippen molar-refractivity contribution in [2.45, 2.75) is 18.9 Å². The molecule has 0 amide bonds. The molecule has 1 aliphatic heterocycles. The summed E-state index contributed by atoms with van der Waals surface area (Å²) in [6.07, 6.45) is 2.02. The number of carbonyl (C=O) groups is 1. The van der Waals surface area contributed by atoms with Gasteiger partial charge in [-0.3, -0.25) is 0 Å². The number of hydrogen-bond donors (Lipinski definition) is 2. The van der Waals surface area contributed by atoms with Crippen LogP contribution in [0.5, 0.6) is 0 Å². The number of nitrogens with zero attached hydrogens (tertiary/aromatic N) is 1. The molecule has 1 aromatic carbocycles. The number of anilines is 2. The molecule has 2 rings (SSSR count). The summed E-state index contributed by atoms with van der Waals surface area (Å²) in [7, 11) is 3.45. The first kappa shape index (κ1) is 14.9. The summed E-state index contributed by atoms with van der Waals surface area (Å²) < 4.78 is 4.79. The Morgan fingerprint density at radius 2 is 2.10 bits per heavy atom. The molecule has 1 fully saturated rings. The van der Waals surface area contributed by atoms with Crippen molar-refractivity contribution in [3.05, 3.63) is 22.7 Å². The maximum Gasteiger partial charge on any atom is 0.340 e. The molecule has 0 bridgehead atoms. The zero-order valence-corrected chi connectivity index (χ0v) is 12.5. The molecule has 1 heterocycles. The van der Waals surface area contributed by atoms with E-state index in [2.05, 4.69) is 17.3 Å². The highest BCUT2D eigenvalue weighted by molar-refractivity contribution is 6.34. The third kappa shape index (κ3) is 3.35. The Balaban J connectivity index is 2.23. The topological polar surface area (TPSA) is 67.6 Å². The van der Waals surface area contributed by atoms with Crippen molar-refractivity contribution in [3.8, 4) is 0 Å². The molecule has 0 aliphatic carbocycles. The van der Waals surface area contributed by atoms with Gasteiger partial charge in [0.15, 0.2) is 0 Å². The average Bonchev–Trinajstić information content (AvgIpc) is 2.42. The van der Waals surface area contributed by atoms with Crippen LogP contribution in [0.3, 0.4) is 0 Å². The van der Waals surface area contributed by atoms with Crippen LogP contribution in [0.25, 0.3) is 0 Å². The molecule has 3 N–H and O–H groups in total. The number of methoxy groups -OCH3 is 1. The lowest BCUT2D eigenvalue weighted by atomic mass is 10.0. The van der Waals surface area contributed by atoms with Crippen molar-refractivity contribution in [3.63, 3.8) is 0 Å². The van der Waals surface area contributed by atoms with Gasteiger partial charge in [0.25, 0.3) is 0 Å². The zero-order valence-electron chi connectivity index (χ0n) is 11.8. The van der Waals surface area contributed by atoms with E-state index < -0.39 is 5.97 Å². The molecule has 0 aromatic heterocycles. The van der Waals surface area contributed by atoms with Gasteiger partial charge in [-0.2, -0.15) is 0 Å². The summed E-state index contributed by atoms with van der Waals surface area (Å²) in [6.45, 7) is 2.05. The molecule has 20 heavy (non-hydrogen) atoms. The van der Waals surface area contributed by atoms with Gasteiger partial charge in [-0.15, -0.1) is 0 Å². The van der Waals surface area contributed by atoms with E-state index in [1.165, 1.54) is 7.11 Å². The Morgan fingerprint density at radius 3 is 2.70 bits per heavy atom. The fourth-order valence-electron chi connectivity index (χ4n) is 2.40. The van der Waals surface area contributed by atoms with Gasteiger partial charge in [0.2, 0.25) is 0 Å². The fraction of sp³-hybridized carbons (Fsp3) is 0.500. The highest BCUT2D eigenvalue weighted by Gasteiger charge is 2.21.